The van der Waals surface area contributed by atoms with Gasteiger partial charge in [0.05, 0.1) is 11.6 Å². The van der Waals surface area contributed by atoms with E-state index in [1.807, 2.05) is 18.2 Å². The van der Waals surface area contributed by atoms with Crippen LogP contribution in [0.15, 0.2) is 24.3 Å². The average Bonchev–Trinajstić information content (AvgIpc) is 2.17. The quantitative estimate of drug-likeness (QED) is 0.787. The molecule has 0 spiro atoms. The first-order chi connectivity index (χ1) is 5.77. The van der Waals surface area contributed by atoms with Crippen LogP contribution in [0.1, 0.15) is 24.0 Å². The number of hydrogen-bond acceptors (Lipinski definition) is 2. The third-order valence-electron chi connectivity index (χ3n) is 1.94. The van der Waals surface area contributed by atoms with E-state index >= 15 is 0 Å². The fourth-order valence-corrected chi connectivity index (χ4v) is 1.05. The fourth-order valence-electron chi connectivity index (χ4n) is 1.05. The molecule has 0 fully saturated rings. The van der Waals surface area contributed by atoms with Crippen LogP contribution < -0.4 is 5.73 Å². The topological polar surface area (TPSA) is 49.8 Å². The minimum Gasteiger partial charge on any atom is -0.330 e. The molecule has 70 valence electrons. The Balaban J connectivity index is 0.00000144. The lowest BCUT2D eigenvalue weighted by Gasteiger charge is -2.07. The van der Waals surface area contributed by atoms with E-state index in [1.54, 1.807) is 6.07 Å². The van der Waals surface area contributed by atoms with Crippen molar-refractivity contribution in [3.05, 3.63) is 35.4 Å². The smallest absolute Gasteiger partial charge is 0.0991 e. The first-order valence-electron chi connectivity index (χ1n) is 3.98. The van der Waals surface area contributed by atoms with E-state index in [4.69, 9.17) is 11.0 Å². The average molecular weight is 197 g/mol. The van der Waals surface area contributed by atoms with Crippen molar-refractivity contribution < 1.29 is 0 Å². The zero-order valence-electron chi connectivity index (χ0n) is 7.53. The predicted molar refractivity (Wildman–Crippen MR) is 55.9 cm³/mol. The summed E-state index contributed by atoms with van der Waals surface area (Å²) in [6, 6.07) is 9.68. The van der Waals surface area contributed by atoms with Gasteiger partial charge in [0.1, 0.15) is 0 Å². The summed E-state index contributed by atoms with van der Waals surface area (Å²) < 4.78 is 0. The van der Waals surface area contributed by atoms with Crippen molar-refractivity contribution in [2.24, 2.45) is 5.73 Å². The Hall–Kier alpha value is -1.04. The van der Waals surface area contributed by atoms with Gasteiger partial charge in [0, 0.05) is 0 Å². The van der Waals surface area contributed by atoms with Gasteiger partial charge in [-0.1, -0.05) is 19.1 Å². The molecule has 0 bridgehead atoms. The molecule has 0 aliphatic rings. The van der Waals surface area contributed by atoms with Crippen LogP contribution in [0.4, 0.5) is 0 Å². The highest BCUT2D eigenvalue weighted by molar-refractivity contribution is 5.85. The Morgan fingerprint density at radius 1 is 1.54 bits per heavy atom. The Kier molecular flexibility index (Phi) is 5.13. The number of halogens is 1. The maximum atomic E-state index is 8.64. The Bertz CT molecular complexity index is 304. The summed E-state index contributed by atoms with van der Waals surface area (Å²) in [4.78, 5) is 0. The molecule has 1 aromatic carbocycles. The third-order valence-corrected chi connectivity index (χ3v) is 1.94. The highest BCUT2D eigenvalue weighted by Crippen LogP contribution is 2.14. The number of nitrogens with zero attached hydrogens (tertiary/aromatic N) is 1. The molecule has 0 aromatic heterocycles. The van der Waals surface area contributed by atoms with Gasteiger partial charge in [-0.15, -0.1) is 12.4 Å². The minimum absolute atomic E-state index is 0. The van der Waals surface area contributed by atoms with Gasteiger partial charge in [0.2, 0.25) is 0 Å². The van der Waals surface area contributed by atoms with E-state index in [9.17, 15) is 0 Å². The summed E-state index contributed by atoms with van der Waals surface area (Å²) in [5, 5.41) is 8.64. The number of benzene rings is 1. The molecule has 0 aliphatic carbocycles. The van der Waals surface area contributed by atoms with Crippen LogP contribution in [0, 0.1) is 11.3 Å². The molecule has 0 saturated carbocycles. The van der Waals surface area contributed by atoms with Gasteiger partial charge in [-0.3, -0.25) is 0 Å². The second-order valence-corrected chi connectivity index (χ2v) is 2.87. The van der Waals surface area contributed by atoms with Crippen LogP contribution in [0.25, 0.3) is 0 Å². The molecular weight excluding hydrogens is 184 g/mol. The van der Waals surface area contributed by atoms with Crippen LogP contribution >= 0.6 is 12.4 Å². The molecule has 13 heavy (non-hydrogen) atoms. The highest BCUT2D eigenvalue weighted by Gasteiger charge is 2.02. The molecule has 1 unspecified atom stereocenters. The van der Waals surface area contributed by atoms with E-state index in [1.165, 1.54) is 0 Å². The first kappa shape index (κ1) is 12.0. The summed E-state index contributed by atoms with van der Waals surface area (Å²) in [5.74, 6) is 0.332. The summed E-state index contributed by atoms with van der Waals surface area (Å²) in [6.45, 7) is 2.67. The van der Waals surface area contributed by atoms with Crippen molar-refractivity contribution in [3.63, 3.8) is 0 Å². The van der Waals surface area contributed by atoms with Crippen molar-refractivity contribution in [3.8, 4) is 6.07 Å². The van der Waals surface area contributed by atoms with Crippen molar-refractivity contribution in [2.75, 3.05) is 6.54 Å². The van der Waals surface area contributed by atoms with E-state index < -0.39 is 0 Å². The van der Waals surface area contributed by atoms with E-state index in [0.717, 1.165) is 5.56 Å². The molecule has 0 amide bonds. The van der Waals surface area contributed by atoms with Gasteiger partial charge in [-0.2, -0.15) is 5.26 Å². The number of nitriles is 1. The number of hydrogen-bond donors (Lipinski definition) is 1. The van der Waals surface area contributed by atoms with Crippen molar-refractivity contribution in [1.29, 1.82) is 5.26 Å². The van der Waals surface area contributed by atoms with Gasteiger partial charge < -0.3 is 5.73 Å². The maximum Gasteiger partial charge on any atom is 0.0991 e. The SMILES string of the molecule is CC(CN)c1cccc(C#N)c1.Cl. The third kappa shape index (κ3) is 3.06. The molecule has 0 radical (unpaired) electrons. The number of nitrogens with two attached hydrogens (primary N) is 1. The maximum absolute atomic E-state index is 8.64. The Labute approximate surface area is 84.8 Å². The van der Waals surface area contributed by atoms with Crippen LogP contribution in [0.5, 0.6) is 0 Å². The molecule has 1 atom stereocenters. The summed E-state index contributed by atoms with van der Waals surface area (Å²) in [7, 11) is 0. The molecule has 2 nitrogen and oxygen atoms in total. The van der Waals surface area contributed by atoms with Gasteiger partial charge in [-0.25, -0.2) is 0 Å². The summed E-state index contributed by atoms with van der Waals surface area (Å²) in [5.41, 5.74) is 7.35. The van der Waals surface area contributed by atoms with Crippen LogP contribution in [-0.4, -0.2) is 6.54 Å². The van der Waals surface area contributed by atoms with Crippen LogP contribution in [0.2, 0.25) is 0 Å². The predicted octanol–water partition coefficient (Wildman–Crippen LogP) is 2.04. The molecule has 2 N–H and O–H groups in total. The lowest BCUT2D eigenvalue weighted by Crippen LogP contribution is -2.08. The molecule has 0 heterocycles. The molecule has 3 heteroatoms. The van der Waals surface area contributed by atoms with Crippen LogP contribution in [0.3, 0.4) is 0 Å². The lowest BCUT2D eigenvalue weighted by molar-refractivity contribution is 0.774. The van der Waals surface area contributed by atoms with E-state index in [0.29, 0.717) is 18.0 Å². The van der Waals surface area contributed by atoms with Crippen molar-refractivity contribution in [1.82, 2.24) is 0 Å². The molecule has 1 rings (SSSR count). The Morgan fingerprint density at radius 3 is 2.77 bits per heavy atom. The van der Waals surface area contributed by atoms with Crippen LogP contribution in [-0.2, 0) is 0 Å². The lowest BCUT2D eigenvalue weighted by atomic mass is 10.00. The molecule has 0 aliphatic heterocycles. The van der Waals surface area contributed by atoms with Gasteiger partial charge in [0.25, 0.3) is 0 Å². The molecule has 0 saturated heterocycles. The normalized spacial score (nSPS) is 11.2. The minimum atomic E-state index is 0. The highest BCUT2D eigenvalue weighted by atomic mass is 35.5. The van der Waals surface area contributed by atoms with Gasteiger partial charge in [-0.05, 0) is 30.2 Å². The fraction of sp³-hybridized carbons (Fsp3) is 0.300. The van der Waals surface area contributed by atoms with E-state index in [-0.39, 0.29) is 12.4 Å². The number of rotatable bonds is 2. The molecule has 1 aromatic rings. The summed E-state index contributed by atoms with van der Waals surface area (Å²) in [6.07, 6.45) is 0. The van der Waals surface area contributed by atoms with Crippen molar-refractivity contribution >= 4 is 12.4 Å². The van der Waals surface area contributed by atoms with Gasteiger partial charge >= 0.3 is 0 Å². The Morgan fingerprint density at radius 2 is 2.23 bits per heavy atom. The largest absolute Gasteiger partial charge is 0.330 e. The van der Waals surface area contributed by atoms with Crippen molar-refractivity contribution in [2.45, 2.75) is 12.8 Å². The first-order valence-corrected chi connectivity index (χ1v) is 3.98. The summed E-state index contributed by atoms with van der Waals surface area (Å²) >= 11 is 0. The zero-order chi connectivity index (χ0) is 8.97. The van der Waals surface area contributed by atoms with Gasteiger partial charge in [0.15, 0.2) is 0 Å². The second kappa shape index (κ2) is 5.58. The second-order valence-electron chi connectivity index (χ2n) is 2.87. The zero-order valence-corrected chi connectivity index (χ0v) is 8.34. The van der Waals surface area contributed by atoms with E-state index in [2.05, 4.69) is 13.0 Å². The standard InChI is InChI=1S/C10H12N2.ClH/c1-8(6-11)10-4-2-3-9(5-10)7-12;/h2-5,8H,6,11H2,1H3;1H. The monoisotopic (exact) mass is 196 g/mol. The molecular formula is C10H13ClN2.